The van der Waals surface area contributed by atoms with E-state index in [-0.39, 0.29) is 11.8 Å². The first-order valence-corrected chi connectivity index (χ1v) is 11.8. The van der Waals surface area contributed by atoms with Crippen molar-refractivity contribution in [2.45, 2.75) is 58.3 Å². The van der Waals surface area contributed by atoms with E-state index in [1.54, 1.807) is 0 Å². The molecule has 31 heavy (non-hydrogen) atoms. The Morgan fingerprint density at radius 3 is 2.48 bits per heavy atom. The molecular formula is C24H28N2O4S. The van der Waals surface area contributed by atoms with Crippen LogP contribution in [0.5, 0.6) is 0 Å². The number of fused-ring (bicyclic) bond motifs is 1. The molecule has 6 nitrogen and oxygen atoms in total. The van der Waals surface area contributed by atoms with Gasteiger partial charge in [-0.05, 0) is 68.7 Å². The summed E-state index contributed by atoms with van der Waals surface area (Å²) in [6.45, 7) is 1.97. The quantitative estimate of drug-likeness (QED) is 0.608. The molecule has 2 aliphatic carbocycles. The molecule has 2 aromatic rings. The molecule has 164 valence electrons. The number of carboxylic acid groups (broad SMARTS) is 1. The zero-order chi connectivity index (χ0) is 22.0. The van der Waals surface area contributed by atoms with Crippen molar-refractivity contribution in [1.82, 2.24) is 0 Å². The summed E-state index contributed by atoms with van der Waals surface area (Å²) in [5.41, 5.74) is 3.33. The van der Waals surface area contributed by atoms with Crippen LogP contribution < -0.4 is 10.6 Å². The fourth-order valence-corrected chi connectivity index (χ4v) is 6.05. The molecule has 1 fully saturated rings. The number of rotatable bonds is 5. The van der Waals surface area contributed by atoms with E-state index in [2.05, 4.69) is 10.6 Å². The topological polar surface area (TPSA) is 95.5 Å². The standard InChI is InChI=1S/C24H28N2O4S/c1-14-7-6-8-15(13-14)25-22(28)20-18-11-4-5-12-19(18)31-23(20)26-21(27)16-9-2-3-10-17(16)24(29)30/h6-8,13,16-17H,2-5,9-12H2,1H3,(H,25,28)(H,26,27)(H,29,30)/t16-,17+/m1/s1. The van der Waals surface area contributed by atoms with E-state index < -0.39 is 17.8 Å². The molecule has 0 saturated heterocycles. The maximum Gasteiger partial charge on any atom is 0.307 e. The van der Waals surface area contributed by atoms with Gasteiger partial charge in [-0.3, -0.25) is 14.4 Å². The summed E-state index contributed by atoms with van der Waals surface area (Å²) in [6, 6.07) is 7.62. The average molecular weight is 441 g/mol. The fraction of sp³-hybridized carbons (Fsp3) is 0.458. The van der Waals surface area contributed by atoms with Crippen LogP contribution in [0.1, 0.15) is 64.9 Å². The van der Waals surface area contributed by atoms with Crippen molar-refractivity contribution in [2.75, 3.05) is 10.6 Å². The van der Waals surface area contributed by atoms with Crippen LogP contribution in [0, 0.1) is 18.8 Å². The Morgan fingerprint density at radius 2 is 1.74 bits per heavy atom. The number of aliphatic carboxylic acids is 1. The third-order valence-corrected chi connectivity index (χ3v) is 7.54. The minimum atomic E-state index is -0.914. The highest BCUT2D eigenvalue weighted by Gasteiger charge is 2.37. The molecule has 2 amide bonds. The lowest BCUT2D eigenvalue weighted by molar-refractivity contribution is -0.147. The van der Waals surface area contributed by atoms with Gasteiger partial charge in [0.2, 0.25) is 5.91 Å². The molecule has 0 radical (unpaired) electrons. The van der Waals surface area contributed by atoms with E-state index >= 15 is 0 Å². The third-order valence-electron chi connectivity index (χ3n) is 6.33. The minimum Gasteiger partial charge on any atom is -0.481 e. The van der Waals surface area contributed by atoms with Gasteiger partial charge in [0, 0.05) is 10.6 Å². The monoisotopic (exact) mass is 440 g/mol. The molecular weight excluding hydrogens is 412 g/mol. The van der Waals surface area contributed by atoms with Crippen LogP contribution in [-0.4, -0.2) is 22.9 Å². The lowest BCUT2D eigenvalue weighted by Crippen LogP contribution is -2.36. The van der Waals surface area contributed by atoms with Gasteiger partial charge in [0.25, 0.3) is 5.91 Å². The molecule has 1 aromatic carbocycles. The second kappa shape index (κ2) is 9.22. The Labute approximate surface area is 186 Å². The number of nitrogens with one attached hydrogen (secondary N) is 2. The van der Waals surface area contributed by atoms with Crippen molar-refractivity contribution in [1.29, 1.82) is 0 Å². The van der Waals surface area contributed by atoms with Crippen LogP contribution in [0.25, 0.3) is 0 Å². The number of carbonyl (C=O) groups excluding carboxylic acids is 2. The molecule has 2 aliphatic rings. The van der Waals surface area contributed by atoms with Gasteiger partial charge in [0.05, 0.1) is 17.4 Å². The summed E-state index contributed by atoms with van der Waals surface area (Å²) in [6.07, 6.45) is 6.59. The number of anilines is 2. The van der Waals surface area contributed by atoms with Crippen LogP contribution in [0.2, 0.25) is 0 Å². The summed E-state index contributed by atoms with van der Waals surface area (Å²) < 4.78 is 0. The average Bonchev–Trinajstić information content (AvgIpc) is 3.11. The highest BCUT2D eigenvalue weighted by atomic mass is 32.1. The van der Waals surface area contributed by atoms with E-state index in [0.29, 0.717) is 23.4 Å². The van der Waals surface area contributed by atoms with Crippen LogP contribution in [0.3, 0.4) is 0 Å². The van der Waals surface area contributed by atoms with E-state index in [0.717, 1.165) is 60.2 Å². The molecule has 0 unspecified atom stereocenters. The molecule has 0 aliphatic heterocycles. The summed E-state index contributed by atoms with van der Waals surface area (Å²) in [5, 5.41) is 16.0. The number of benzene rings is 1. The number of thiophene rings is 1. The van der Waals surface area contributed by atoms with Gasteiger partial charge >= 0.3 is 5.97 Å². The molecule has 1 heterocycles. The van der Waals surface area contributed by atoms with E-state index in [9.17, 15) is 19.5 Å². The lowest BCUT2D eigenvalue weighted by atomic mass is 9.78. The second-order valence-electron chi connectivity index (χ2n) is 8.56. The van der Waals surface area contributed by atoms with Crippen LogP contribution in [-0.2, 0) is 22.4 Å². The molecule has 0 bridgehead atoms. The normalized spacial score (nSPS) is 20.5. The van der Waals surface area contributed by atoms with Crippen LogP contribution in [0.4, 0.5) is 10.7 Å². The molecule has 4 rings (SSSR count). The smallest absolute Gasteiger partial charge is 0.307 e. The number of aryl methyl sites for hydroxylation is 2. The Balaban J connectivity index is 1.61. The Hall–Kier alpha value is -2.67. The largest absolute Gasteiger partial charge is 0.481 e. The van der Waals surface area contributed by atoms with Gasteiger partial charge in [-0.15, -0.1) is 11.3 Å². The predicted octanol–water partition coefficient (Wildman–Crippen LogP) is 5.02. The van der Waals surface area contributed by atoms with Crippen molar-refractivity contribution in [3.8, 4) is 0 Å². The summed E-state index contributed by atoms with van der Waals surface area (Å²) in [5.74, 6) is -2.64. The molecule has 1 saturated carbocycles. The third kappa shape index (κ3) is 4.66. The zero-order valence-corrected chi connectivity index (χ0v) is 18.5. The van der Waals surface area contributed by atoms with Gasteiger partial charge in [-0.25, -0.2) is 0 Å². The molecule has 0 spiro atoms. The van der Waals surface area contributed by atoms with Crippen molar-refractivity contribution >= 4 is 39.8 Å². The molecule has 3 N–H and O–H groups in total. The van der Waals surface area contributed by atoms with Crippen LogP contribution >= 0.6 is 11.3 Å². The first-order valence-electron chi connectivity index (χ1n) is 11.0. The Bertz CT molecular complexity index is 1010. The van der Waals surface area contributed by atoms with Crippen molar-refractivity contribution in [3.05, 3.63) is 45.8 Å². The predicted molar refractivity (Wildman–Crippen MR) is 122 cm³/mol. The van der Waals surface area contributed by atoms with Gasteiger partial charge in [0.1, 0.15) is 5.00 Å². The number of amides is 2. The van der Waals surface area contributed by atoms with E-state index in [1.807, 2.05) is 31.2 Å². The maximum absolute atomic E-state index is 13.3. The summed E-state index contributed by atoms with van der Waals surface area (Å²) >= 11 is 1.47. The number of carbonyl (C=O) groups is 3. The molecule has 2 atom stereocenters. The van der Waals surface area contributed by atoms with Gasteiger partial charge in [-0.1, -0.05) is 25.0 Å². The van der Waals surface area contributed by atoms with Crippen molar-refractivity contribution < 1.29 is 19.5 Å². The highest BCUT2D eigenvalue weighted by Crippen LogP contribution is 2.40. The van der Waals surface area contributed by atoms with E-state index in [4.69, 9.17) is 0 Å². The van der Waals surface area contributed by atoms with Gasteiger partial charge < -0.3 is 15.7 Å². The Morgan fingerprint density at radius 1 is 1.00 bits per heavy atom. The van der Waals surface area contributed by atoms with Crippen molar-refractivity contribution in [2.24, 2.45) is 11.8 Å². The lowest BCUT2D eigenvalue weighted by Gasteiger charge is -2.27. The Kier molecular flexibility index (Phi) is 6.41. The van der Waals surface area contributed by atoms with Crippen LogP contribution in [0.15, 0.2) is 24.3 Å². The molecule has 7 heteroatoms. The number of hydrogen-bond acceptors (Lipinski definition) is 4. The second-order valence-corrected chi connectivity index (χ2v) is 9.67. The van der Waals surface area contributed by atoms with E-state index in [1.165, 1.54) is 11.3 Å². The summed E-state index contributed by atoms with van der Waals surface area (Å²) in [7, 11) is 0. The first kappa shape index (κ1) is 21.6. The number of hydrogen-bond donors (Lipinski definition) is 3. The highest BCUT2D eigenvalue weighted by molar-refractivity contribution is 7.17. The SMILES string of the molecule is Cc1cccc(NC(=O)c2c(NC(=O)[C@@H]3CCCC[C@@H]3C(=O)O)sc3c2CCCC3)c1. The molecule has 1 aromatic heterocycles. The first-order chi connectivity index (χ1) is 14.9. The number of carboxylic acids is 1. The minimum absolute atomic E-state index is 0.223. The summed E-state index contributed by atoms with van der Waals surface area (Å²) in [4.78, 5) is 39.1. The zero-order valence-electron chi connectivity index (χ0n) is 17.7. The van der Waals surface area contributed by atoms with Gasteiger partial charge in [0.15, 0.2) is 0 Å². The van der Waals surface area contributed by atoms with Crippen molar-refractivity contribution in [3.63, 3.8) is 0 Å². The fourth-order valence-electron chi connectivity index (χ4n) is 4.76. The maximum atomic E-state index is 13.3. The van der Waals surface area contributed by atoms with Gasteiger partial charge in [-0.2, -0.15) is 0 Å².